The van der Waals surface area contributed by atoms with Crippen LogP contribution in [0, 0.1) is 5.92 Å². The van der Waals surface area contributed by atoms with Crippen LogP contribution in [0.3, 0.4) is 0 Å². The fourth-order valence-corrected chi connectivity index (χ4v) is 4.59. The van der Waals surface area contributed by atoms with E-state index >= 15 is 0 Å². The average Bonchev–Trinajstić information content (AvgIpc) is 3.78. The maximum absolute atomic E-state index is 13.3. The third-order valence-corrected chi connectivity index (χ3v) is 7.31. The summed E-state index contributed by atoms with van der Waals surface area (Å²) in [7, 11) is 3.04. The van der Waals surface area contributed by atoms with Gasteiger partial charge in [0.05, 0.1) is 17.9 Å². The number of amides is 2. The van der Waals surface area contributed by atoms with Crippen molar-refractivity contribution < 1.29 is 55.2 Å². The summed E-state index contributed by atoms with van der Waals surface area (Å²) in [4.78, 5) is 29.5. The molecule has 1 aliphatic carbocycles. The first-order chi connectivity index (χ1) is 21.8. The summed E-state index contributed by atoms with van der Waals surface area (Å²) >= 11 is 0. The van der Waals surface area contributed by atoms with Crippen molar-refractivity contribution in [3.8, 4) is 22.8 Å². The molecule has 1 saturated heterocycles. The van der Waals surface area contributed by atoms with E-state index < -0.39 is 36.5 Å². The number of rotatable bonds is 10. The van der Waals surface area contributed by atoms with Crippen LogP contribution in [0.2, 0.25) is 0 Å². The summed E-state index contributed by atoms with van der Waals surface area (Å²) in [6, 6.07) is 10.5. The van der Waals surface area contributed by atoms with Crippen LogP contribution in [0.5, 0.6) is 5.75 Å². The molecule has 2 aliphatic rings. The molecule has 2 heterocycles. The Kier molecular flexibility index (Phi) is 9.46. The second kappa shape index (κ2) is 13.2. The largest absolute Gasteiger partial charge is 0.499 e. The van der Waals surface area contributed by atoms with E-state index in [0.717, 1.165) is 12.1 Å². The Balaban J connectivity index is 1.30. The van der Waals surface area contributed by atoms with Gasteiger partial charge in [0.15, 0.2) is 5.82 Å². The van der Waals surface area contributed by atoms with E-state index in [9.17, 15) is 31.5 Å². The normalized spacial score (nSPS) is 21.8. The zero-order valence-electron chi connectivity index (χ0n) is 24.7. The van der Waals surface area contributed by atoms with Gasteiger partial charge >= 0.3 is 18.4 Å². The molecule has 248 valence electrons. The summed E-state index contributed by atoms with van der Waals surface area (Å²) < 4.78 is 91.3. The lowest BCUT2D eigenvalue weighted by Gasteiger charge is -2.37. The van der Waals surface area contributed by atoms with Crippen LogP contribution >= 0.6 is 0 Å². The van der Waals surface area contributed by atoms with Crippen molar-refractivity contribution in [1.29, 1.82) is 0 Å². The molecule has 1 aromatic heterocycles. The number of carbonyl (C=O) groups excluding carboxylic acids is 2. The smallest absolute Gasteiger partial charge is 0.426 e. The lowest BCUT2D eigenvalue weighted by molar-refractivity contribution is -0.360. The molecule has 0 spiro atoms. The number of benzene rings is 2. The van der Waals surface area contributed by atoms with Gasteiger partial charge in [0.2, 0.25) is 18.1 Å². The van der Waals surface area contributed by atoms with Gasteiger partial charge in [-0.2, -0.15) is 31.6 Å². The molecule has 0 unspecified atom stereocenters. The Morgan fingerprint density at radius 2 is 1.59 bits per heavy atom. The van der Waals surface area contributed by atoms with Gasteiger partial charge in [-0.05, 0) is 68.3 Å². The maximum Gasteiger partial charge on any atom is 0.499 e. The average molecular weight is 656 g/mol. The predicted molar refractivity (Wildman–Crippen MR) is 150 cm³/mol. The highest BCUT2D eigenvalue weighted by Gasteiger charge is 2.61. The second-order valence-corrected chi connectivity index (χ2v) is 10.6. The lowest BCUT2D eigenvalue weighted by Crippen LogP contribution is -2.49. The van der Waals surface area contributed by atoms with Crippen LogP contribution in [-0.2, 0) is 23.7 Å². The number of alkyl halides is 5. The molecule has 2 amide bonds. The number of methoxy groups -OCH3 is 2. The summed E-state index contributed by atoms with van der Waals surface area (Å²) in [6.45, 7) is 1.80. The van der Waals surface area contributed by atoms with E-state index in [1.165, 1.54) is 23.9 Å². The first kappa shape index (κ1) is 33.0. The highest BCUT2D eigenvalue weighted by Crippen LogP contribution is 2.37. The van der Waals surface area contributed by atoms with Crippen LogP contribution in [0.15, 0.2) is 48.5 Å². The standard InChI is InChI=1S/C29H30F5N5O7/c1-15-21(42-2)14-22(43-3)25(44-15)45-27(41)35-18-8-6-16(7-9-18)23-36-26(37-24(40)17-4-5-17)39(38-23)19-10-12-20(13-11-19)46-29(33,34)28(30,31)32/h6-13,15,17,21-22,25H,4-5,14H2,1-3H3,(H,35,41)(H,36,37,38,40)/t15-,21+,22+,25-/m0/s1. The van der Waals surface area contributed by atoms with Crippen LogP contribution < -0.4 is 15.4 Å². The molecule has 2 aromatic carbocycles. The number of hydrogen-bond donors (Lipinski definition) is 2. The van der Waals surface area contributed by atoms with Crippen molar-refractivity contribution in [3.05, 3.63) is 48.5 Å². The number of anilines is 2. The highest BCUT2D eigenvalue weighted by atomic mass is 19.4. The van der Waals surface area contributed by atoms with Gasteiger partial charge in [-0.25, -0.2) is 4.79 Å². The number of carbonyl (C=O) groups is 2. The number of halogens is 5. The maximum atomic E-state index is 13.3. The lowest BCUT2D eigenvalue weighted by atomic mass is 10.0. The monoisotopic (exact) mass is 655 g/mol. The Bertz CT molecular complexity index is 1530. The Morgan fingerprint density at radius 3 is 2.17 bits per heavy atom. The minimum absolute atomic E-state index is 0.00270. The van der Waals surface area contributed by atoms with E-state index in [-0.39, 0.29) is 41.5 Å². The van der Waals surface area contributed by atoms with Crippen LogP contribution in [0.4, 0.5) is 38.4 Å². The summed E-state index contributed by atoms with van der Waals surface area (Å²) in [6.07, 6.45) is -12.2. The van der Waals surface area contributed by atoms with E-state index in [2.05, 4.69) is 25.5 Å². The molecule has 0 bridgehead atoms. The van der Waals surface area contributed by atoms with Crippen molar-refractivity contribution >= 4 is 23.6 Å². The summed E-state index contributed by atoms with van der Waals surface area (Å²) in [5.41, 5.74) is 1.03. The topological polar surface area (TPSA) is 135 Å². The molecule has 5 rings (SSSR count). The van der Waals surface area contributed by atoms with E-state index in [4.69, 9.17) is 18.9 Å². The van der Waals surface area contributed by atoms with Gasteiger partial charge in [-0.15, -0.1) is 5.10 Å². The first-order valence-electron chi connectivity index (χ1n) is 14.1. The Labute approximate surface area is 259 Å². The minimum Gasteiger partial charge on any atom is -0.426 e. The zero-order chi connectivity index (χ0) is 33.2. The van der Waals surface area contributed by atoms with Gasteiger partial charge in [-0.3, -0.25) is 15.4 Å². The third kappa shape index (κ3) is 7.54. The SMILES string of the molecule is CO[C@@H]1C[C@@H](OC)[C@H](C)O[C@H]1OC(=O)Nc1ccc(-c2nc(NC(=O)C3CC3)n(-c3ccc(OC(F)(F)C(F)(F)F)cc3)n2)cc1. The fourth-order valence-electron chi connectivity index (χ4n) is 4.59. The highest BCUT2D eigenvalue weighted by molar-refractivity contribution is 5.93. The van der Waals surface area contributed by atoms with Crippen molar-refractivity contribution in [2.45, 2.75) is 63.1 Å². The fraction of sp³-hybridized carbons (Fsp3) is 0.448. The zero-order valence-corrected chi connectivity index (χ0v) is 24.7. The van der Waals surface area contributed by atoms with Gasteiger partial charge in [0, 0.05) is 37.8 Å². The van der Waals surface area contributed by atoms with Crippen molar-refractivity contribution in [2.24, 2.45) is 5.92 Å². The molecule has 3 aromatic rings. The molecule has 1 aliphatic heterocycles. The van der Waals surface area contributed by atoms with Gasteiger partial charge in [0.1, 0.15) is 11.9 Å². The van der Waals surface area contributed by atoms with E-state index in [1.807, 2.05) is 0 Å². The van der Waals surface area contributed by atoms with Crippen molar-refractivity contribution in [3.63, 3.8) is 0 Å². The van der Waals surface area contributed by atoms with Gasteiger partial charge in [0.25, 0.3) is 0 Å². The van der Waals surface area contributed by atoms with Gasteiger partial charge < -0.3 is 23.7 Å². The van der Waals surface area contributed by atoms with Crippen LogP contribution in [-0.4, -0.2) is 77.9 Å². The summed E-state index contributed by atoms with van der Waals surface area (Å²) in [5, 5.41) is 9.68. The number of hydrogen-bond acceptors (Lipinski definition) is 9. The molecular formula is C29H30F5N5O7. The molecule has 46 heavy (non-hydrogen) atoms. The number of nitrogens with zero attached hydrogens (tertiary/aromatic N) is 3. The summed E-state index contributed by atoms with van der Waals surface area (Å²) in [5.74, 6) is -1.09. The molecular weight excluding hydrogens is 625 g/mol. The number of nitrogens with one attached hydrogen (secondary N) is 2. The Hall–Kier alpha value is -4.35. The third-order valence-electron chi connectivity index (χ3n) is 7.31. The molecule has 0 radical (unpaired) electrons. The van der Waals surface area contributed by atoms with Crippen LogP contribution in [0.1, 0.15) is 26.2 Å². The first-order valence-corrected chi connectivity index (χ1v) is 14.1. The molecule has 17 heteroatoms. The number of ether oxygens (including phenoxy) is 5. The molecule has 2 N–H and O–H groups in total. The Morgan fingerprint density at radius 1 is 0.935 bits per heavy atom. The van der Waals surface area contributed by atoms with E-state index in [1.54, 1.807) is 38.3 Å². The minimum atomic E-state index is -5.90. The quantitative estimate of drug-likeness (QED) is 0.271. The van der Waals surface area contributed by atoms with Crippen molar-refractivity contribution in [1.82, 2.24) is 14.8 Å². The number of aromatic nitrogens is 3. The van der Waals surface area contributed by atoms with Crippen LogP contribution in [0.25, 0.3) is 17.1 Å². The molecule has 4 atom stereocenters. The second-order valence-electron chi connectivity index (χ2n) is 10.6. The predicted octanol–water partition coefficient (Wildman–Crippen LogP) is 5.53. The van der Waals surface area contributed by atoms with Crippen molar-refractivity contribution in [2.75, 3.05) is 24.9 Å². The van der Waals surface area contributed by atoms with Gasteiger partial charge in [-0.1, -0.05) is 0 Å². The van der Waals surface area contributed by atoms with E-state index in [0.29, 0.717) is 30.5 Å². The molecule has 1 saturated carbocycles. The molecule has 2 fully saturated rings. The molecule has 12 nitrogen and oxygen atoms in total.